The highest BCUT2D eigenvalue weighted by Gasteiger charge is 2.31. The summed E-state index contributed by atoms with van der Waals surface area (Å²) in [6, 6.07) is 9.32. The molecule has 152 valence electrons. The van der Waals surface area contributed by atoms with Gasteiger partial charge in [-0.1, -0.05) is 30.3 Å². The lowest BCUT2D eigenvalue weighted by Gasteiger charge is -2.13. The topological polar surface area (TPSA) is 98.0 Å². The first-order chi connectivity index (χ1) is 13.6. The highest BCUT2D eigenvalue weighted by atomic mass is 32.2. The molecule has 0 saturated heterocycles. The van der Waals surface area contributed by atoms with Crippen LogP contribution in [0.3, 0.4) is 0 Å². The Labute approximate surface area is 163 Å². The fourth-order valence-corrected chi connectivity index (χ4v) is 3.83. The SMILES string of the molecule is Nc1ncc(-c2ccc(-c3ccccc3S(=O)(=O)NCC(F)(F)F)cc2F)cn1. The third kappa shape index (κ3) is 4.87. The molecule has 0 amide bonds. The monoisotopic (exact) mass is 426 g/mol. The zero-order valence-electron chi connectivity index (χ0n) is 14.6. The first kappa shape index (κ1) is 20.7. The number of rotatable bonds is 5. The van der Waals surface area contributed by atoms with Crippen LogP contribution in [0, 0.1) is 5.82 Å². The number of anilines is 1. The first-order valence-corrected chi connectivity index (χ1v) is 9.58. The summed E-state index contributed by atoms with van der Waals surface area (Å²) in [5.74, 6) is -0.664. The molecule has 0 aliphatic rings. The standard InChI is InChI=1S/C18H14F4N4O2S/c19-15-7-11(5-6-13(15)12-8-24-17(23)25-9-12)14-3-1-2-4-16(14)29(27,28)26-10-18(20,21)22/h1-9,26H,10H2,(H2,23,24,25). The zero-order chi connectivity index (χ0) is 21.2. The molecule has 0 fully saturated rings. The Kier molecular flexibility index (Phi) is 5.53. The van der Waals surface area contributed by atoms with Gasteiger partial charge in [-0.05, 0) is 17.7 Å². The van der Waals surface area contributed by atoms with E-state index in [0.717, 1.165) is 12.1 Å². The van der Waals surface area contributed by atoms with Crippen molar-refractivity contribution >= 4 is 16.0 Å². The molecular weight excluding hydrogens is 412 g/mol. The fourth-order valence-electron chi connectivity index (χ4n) is 2.59. The van der Waals surface area contributed by atoms with Gasteiger partial charge in [-0.25, -0.2) is 27.5 Å². The van der Waals surface area contributed by atoms with E-state index in [0.29, 0.717) is 5.56 Å². The molecule has 3 N–H and O–H groups in total. The van der Waals surface area contributed by atoms with Crippen LogP contribution >= 0.6 is 0 Å². The van der Waals surface area contributed by atoms with Gasteiger partial charge in [0.25, 0.3) is 0 Å². The molecule has 0 unspecified atom stereocenters. The number of alkyl halides is 3. The molecule has 3 rings (SSSR count). The second-order valence-corrected chi connectivity index (χ2v) is 7.70. The van der Waals surface area contributed by atoms with Crippen LogP contribution in [0.25, 0.3) is 22.3 Å². The minimum atomic E-state index is -4.71. The molecule has 0 aliphatic carbocycles. The van der Waals surface area contributed by atoms with E-state index >= 15 is 0 Å². The number of aromatic nitrogens is 2. The number of nitrogens with zero attached hydrogens (tertiary/aromatic N) is 2. The number of hydrogen-bond donors (Lipinski definition) is 2. The zero-order valence-corrected chi connectivity index (χ0v) is 15.4. The molecule has 0 atom stereocenters. The molecule has 2 aromatic carbocycles. The van der Waals surface area contributed by atoms with Gasteiger partial charge in [0.15, 0.2) is 0 Å². The number of halogens is 4. The van der Waals surface area contributed by atoms with Gasteiger partial charge in [0.05, 0.1) is 4.90 Å². The molecule has 0 radical (unpaired) electrons. The maximum absolute atomic E-state index is 14.7. The van der Waals surface area contributed by atoms with Crippen LogP contribution in [0.15, 0.2) is 59.8 Å². The summed E-state index contributed by atoms with van der Waals surface area (Å²) in [5.41, 5.74) is 6.15. The number of nitrogens with one attached hydrogen (secondary N) is 1. The van der Waals surface area contributed by atoms with Crippen molar-refractivity contribution in [1.82, 2.24) is 14.7 Å². The molecule has 3 aromatic rings. The van der Waals surface area contributed by atoms with Crippen molar-refractivity contribution in [3.05, 3.63) is 60.7 Å². The Balaban J connectivity index is 2.00. The number of benzene rings is 2. The lowest BCUT2D eigenvalue weighted by Crippen LogP contribution is -2.34. The Morgan fingerprint density at radius 1 is 0.966 bits per heavy atom. The summed E-state index contributed by atoms with van der Waals surface area (Å²) >= 11 is 0. The van der Waals surface area contributed by atoms with Gasteiger partial charge in [0, 0.05) is 29.1 Å². The van der Waals surface area contributed by atoms with Crippen LogP contribution in [0.1, 0.15) is 0 Å². The molecule has 0 spiro atoms. The van der Waals surface area contributed by atoms with Crippen molar-refractivity contribution in [3.8, 4) is 22.3 Å². The Hall–Kier alpha value is -3.05. The lowest BCUT2D eigenvalue weighted by atomic mass is 10.0. The third-order valence-corrected chi connectivity index (χ3v) is 5.36. The minimum Gasteiger partial charge on any atom is -0.368 e. The molecule has 29 heavy (non-hydrogen) atoms. The molecule has 6 nitrogen and oxygen atoms in total. The van der Waals surface area contributed by atoms with E-state index in [4.69, 9.17) is 5.73 Å². The van der Waals surface area contributed by atoms with E-state index in [-0.39, 0.29) is 22.6 Å². The van der Waals surface area contributed by atoms with E-state index in [1.807, 2.05) is 0 Å². The summed E-state index contributed by atoms with van der Waals surface area (Å²) < 4.78 is 78.1. The number of nitrogen functional groups attached to an aromatic ring is 1. The van der Waals surface area contributed by atoms with E-state index in [1.54, 1.807) is 0 Å². The molecule has 11 heteroatoms. The van der Waals surface area contributed by atoms with Gasteiger partial charge < -0.3 is 5.73 Å². The summed E-state index contributed by atoms with van der Waals surface area (Å²) in [6.45, 7) is -1.71. The normalized spacial score (nSPS) is 12.1. The van der Waals surface area contributed by atoms with Crippen LogP contribution in [-0.4, -0.2) is 31.1 Å². The molecule has 0 saturated carbocycles. The molecular formula is C18H14F4N4O2S. The van der Waals surface area contributed by atoms with Crippen molar-refractivity contribution in [2.24, 2.45) is 0 Å². The summed E-state index contributed by atoms with van der Waals surface area (Å²) in [5, 5.41) is 0. The van der Waals surface area contributed by atoms with Crippen molar-refractivity contribution in [2.45, 2.75) is 11.1 Å². The molecule has 1 aromatic heterocycles. The van der Waals surface area contributed by atoms with Crippen molar-refractivity contribution in [3.63, 3.8) is 0 Å². The van der Waals surface area contributed by atoms with Gasteiger partial charge in [-0.2, -0.15) is 13.2 Å². The maximum Gasteiger partial charge on any atom is 0.402 e. The second kappa shape index (κ2) is 7.76. The number of sulfonamides is 1. The minimum absolute atomic E-state index is 0.0243. The molecule has 0 aliphatic heterocycles. The van der Waals surface area contributed by atoms with E-state index in [1.165, 1.54) is 47.4 Å². The predicted octanol–water partition coefficient (Wildman–Crippen LogP) is 3.37. The quantitative estimate of drug-likeness (QED) is 0.610. The summed E-state index contributed by atoms with van der Waals surface area (Å²) in [7, 11) is -4.48. The van der Waals surface area contributed by atoms with Crippen LogP contribution in [0.4, 0.5) is 23.5 Å². The maximum atomic E-state index is 14.7. The van der Waals surface area contributed by atoms with E-state index in [2.05, 4.69) is 9.97 Å². The van der Waals surface area contributed by atoms with Gasteiger partial charge in [0.2, 0.25) is 16.0 Å². The van der Waals surface area contributed by atoms with Crippen molar-refractivity contribution in [2.75, 3.05) is 12.3 Å². The molecule has 0 bridgehead atoms. The summed E-state index contributed by atoms with van der Waals surface area (Å²) in [6.07, 6.45) is -2.04. The van der Waals surface area contributed by atoms with Gasteiger partial charge >= 0.3 is 6.18 Å². The average molecular weight is 426 g/mol. The van der Waals surface area contributed by atoms with Crippen LogP contribution < -0.4 is 10.5 Å². The van der Waals surface area contributed by atoms with E-state index in [9.17, 15) is 26.0 Å². The summed E-state index contributed by atoms with van der Waals surface area (Å²) in [4.78, 5) is 7.17. The Morgan fingerprint density at radius 3 is 2.24 bits per heavy atom. The van der Waals surface area contributed by atoms with Crippen molar-refractivity contribution in [1.29, 1.82) is 0 Å². The van der Waals surface area contributed by atoms with Crippen LogP contribution in [0.2, 0.25) is 0 Å². The lowest BCUT2D eigenvalue weighted by molar-refractivity contribution is -0.121. The van der Waals surface area contributed by atoms with Crippen LogP contribution in [0.5, 0.6) is 0 Å². The smallest absolute Gasteiger partial charge is 0.368 e. The van der Waals surface area contributed by atoms with E-state index < -0.39 is 33.5 Å². The Bertz CT molecular complexity index is 1130. The highest BCUT2D eigenvalue weighted by Crippen LogP contribution is 2.31. The van der Waals surface area contributed by atoms with Gasteiger partial charge in [-0.3, -0.25) is 0 Å². The highest BCUT2D eigenvalue weighted by molar-refractivity contribution is 7.89. The second-order valence-electron chi connectivity index (χ2n) is 5.96. The number of nitrogens with two attached hydrogens (primary N) is 1. The van der Waals surface area contributed by atoms with Gasteiger partial charge in [-0.15, -0.1) is 0 Å². The van der Waals surface area contributed by atoms with Gasteiger partial charge in [0.1, 0.15) is 12.4 Å². The largest absolute Gasteiger partial charge is 0.402 e. The Morgan fingerprint density at radius 2 is 1.62 bits per heavy atom. The molecule has 1 heterocycles. The predicted molar refractivity (Wildman–Crippen MR) is 98.5 cm³/mol. The van der Waals surface area contributed by atoms with Crippen LogP contribution in [-0.2, 0) is 10.0 Å². The fraction of sp³-hybridized carbons (Fsp3) is 0.111. The number of hydrogen-bond acceptors (Lipinski definition) is 5. The first-order valence-electron chi connectivity index (χ1n) is 8.10. The average Bonchev–Trinajstić information content (AvgIpc) is 2.67. The van der Waals surface area contributed by atoms with Crippen molar-refractivity contribution < 1.29 is 26.0 Å². The third-order valence-electron chi connectivity index (χ3n) is 3.90.